The molecule has 0 aromatic carbocycles. The minimum absolute atomic E-state index is 0.0197. The smallest absolute Gasteiger partial charge is 0.338 e. The van der Waals surface area contributed by atoms with E-state index in [0.29, 0.717) is 5.06 Å². The number of carbonyl (C=O) groups excluding carboxylic acids is 1. The van der Waals surface area contributed by atoms with Crippen molar-refractivity contribution in [1.29, 1.82) is 0 Å². The Bertz CT molecular complexity index is 123. The number of hydrogen-bond donors (Lipinski definition) is 3. The van der Waals surface area contributed by atoms with Crippen LogP contribution >= 0.6 is 0 Å². The highest BCUT2D eigenvalue weighted by Gasteiger charge is 1.99. The van der Waals surface area contributed by atoms with Gasteiger partial charge in [-0.2, -0.15) is 0 Å². The lowest BCUT2D eigenvalue weighted by Gasteiger charge is -2.06. The molecular formula is C4H9N3O2. The lowest BCUT2D eigenvalue weighted by Crippen LogP contribution is -2.32. The maximum Gasteiger partial charge on any atom is 0.338 e. The number of urea groups is 1. The molecule has 0 saturated heterocycles. The molecule has 0 unspecified atom stereocenters. The van der Waals surface area contributed by atoms with Gasteiger partial charge in [0, 0.05) is 0 Å². The van der Waals surface area contributed by atoms with Crippen molar-refractivity contribution in [2.75, 3.05) is 6.54 Å². The summed E-state index contributed by atoms with van der Waals surface area (Å²) in [6.07, 6.45) is 2.61. The van der Waals surface area contributed by atoms with Gasteiger partial charge in [0.2, 0.25) is 0 Å². The normalized spacial score (nSPS) is 9.89. The summed E-state index contributed by atoms with van der Waals surface area (Å²) in [7, 11) is 0. The lowest BCUT2D eigenvalue weighted by molar-refractivity contribution is -0.0288. The van der Waals surface area contributed by atoms with Gasteiger partial charge >= 0.3 is 6.03 Å². The second-order valence-corrected chi connectivity index (χ2v) is 1.35. The van der Waals surface area contributed by atoms with Crippen LogP contribution < -0.4 is 11.5 Å². The maximum absolute atomic E-state index is 10.0. The fraction of sp³-hybridized carbons (Fsp3) is 0.250. The highest BCUT2D eigenvalue weighted by Crippen LogP contribution is 1.78. The number of carbonyl (C=O) groups is 1. The first-order chi connectivity index (χ1) is 4.18. The van der Waals surface area contributed by atoms with Crippen molar-refractivity contribution in [3.8, 4) is 0 Å². The van der Waals surface area contributed by atoms with E-state index in [9.17, 15) is 4.79 Å². The van der Waals surface area contributed by atoms with E-state index in [4.69, 9.17) is 10.9 Å². The fourth-order valence-corrected chi connectivity index (χ4v) is 0.251. The van der Waals surface area contributed by atoms with Crippen molar-refractivity contribution in [2.24, 2.45) is 11.5 Å². The molecule has 0 aliphatic rings. The van der Waals surface area contributed by atoms with Gasteiger partial charge in [-0.15, -0.1) is 0 Å². The highest BCUT2D eigenvalue weighted by atomic mass is 16.5. The molecule has 0 spiro atoms. The number of primary amides is 1. The third-order valence-electron chi connectivity index (χ3n) is 0.669. The van der Waals surface area contributed by atoms with Crippen molar-refractivity contribution >= 4 is 6.03 Å². The molecule has 5 nitrogen and oxygen atoms in total. The Morgan fingerprint density at radius 2 is 2.33 bits per heavy atom. The van der Waals surface area contributed by atoms with Gasteiger partial charge in [-0.1, -0.05) is 0 Å². The zero-order valence-electron chi connectivity index (χ0n) is 4.82. The average molecular weight is 131 g/mol. The van der Waals surface area contributed by atoms with Gasteiger partial charge in [0.15, 0.2) is 0 Å². The number of amides is 2. The first-order valence-corrected chi connectivity index (χ1v) is 2.31. The van der Waals surface area contributed by atoms with E-state index >= 15 is 0 Å². The molecule has 0 rings (SSSR count). The van der Waals surface area contributed by atoms with Gasteiger partial charge in [-0.25, -0.2) is 9.86 Å². The van der Waals surface area contributed by atoms with Crippen LogP contribution in [0.2, 0.25) is 0 Å². The van der Waals surface area contributed by atoms with Crippen molar-refractivity contribution in [3.05, 3.63) is 12.3 Å². The van der Waals surface area contributed by atoms with Crippen LogP contribution in [0.3, 0.4) is 0 Å². The largest absolute Gasteiger partial charge is 0.405 e. The molecule has 5 N–H and O–H groups in total. The average Bonchev–Trinajstić information content (AvgIpc) is 1.82. The Morgan fingerprint density at radius 3 is 2.67 bits per heavy atom. The molecule has 0 atom stereocenters. The second kappa shape index (κ2) is 3.73. The molecule has 9 heavy (non-hydrogen) atoms. The van der Waals surface area contributed by atoms with E-state index in [2.05, 4.69) is 5.73 Å². The van der Waals surface area contributed by atoms with E-state index in [1.165, 1.54) is 12.3 Å². The lowest BCUT2D eigenvalue weighted by atomic mass is 10.6. The third-order valence-corrected chi connectivity index (χ3v) is 0.669. The topological polar surface area (TPSA) is 92.6 Å². The van der Waals surface area contributed by atoms with Crippen LogP contribution in [0, 0.1) is 0 Å². The fourth-order valence-electron chi connectivity index (χ4n) is 0.251. The molecule has 0 saturated carbocycles. The summed E-state index contributed by atoms with van der Waals surface area (Å²) < 4.78 is 0. The van der Waals surface area contributed by atoms with Gasteiger partial charge in [0.25, 0.3) is 0 Å². The van der Waals surface area contributed by atoms with E-state index in [1.807, 2.05) is 0 Å². The molecule has 5 heteroatoms. The van der Waals surface area contributed by atoms with E-state index in [0.717, 1.165) is 0 Å². The molecule has 0 bridgehead atoms. The SMILES string of the molecule is NC=CCN(O)C(N)=O. The van der Waals surface area contributed by atoms with E-state index < -0.39 is 6.03 Å². The molecule has 0 aliphatic heterocycles. The van der Waals surface area contributed by atoms with E-state index in [-0.39, 0.29) is 6.54 Å². The first kappa shape index (κ1) is 7.77. The monoisotopic (exact) mass is 131 g/mol. The number of nitrogens with two attached hydrogens (primary N) is 2. The molecule has 0 radical (unpaired) electrons. The summed E-state index contributed by atoms with van der Waals surface area (Å²) in [6, 6.07) is -0.895. The standard InChI is InChI=1S/C4H9N3O2/c5-2-1-3-7(9)4(6)8/h1-2,9H,3,5H2,(H2,6,8). The van der Waals surface area contributed by atoms with Crippen LogP contribution in [0.4, 0.5) is 4.79 Å². The van der Waals surface area contributed by atoms with Gasteiger partial charge in [-0.3, -0.25) is 5.21 Å². The predicted octanol–water partition coefficient (Wildman–Crippen LogP) is -0.771. The van der Waals surface area contributed by atoms with Gasteiger partial charge in [-0.05, 0) is 12.3 Å². The Labute approximate surface area is 52.5 Å². The summed E-state index contributed by atoms with van der Waals surface area (Å²) in [4.78, 5) is 10.0. The molecule has 2 amide bonds. The molecule has 0 aromatic rings. The first-order valence-electron chi connectivity index (χ1n) is 2.31. The molecule has 0 aliphatic carbocycles. The minimum atomic E-state index is -0.895. The molecule has 0 heterocycles. The van der Waals surface area contributed by atoms with Crippen molar-refractivity contribution in [2.45, 2.75) is 0 Å². The van der Waals surface area contributed by atoms with Gasteiger partial charge in [0.05, 0.1) is 6.54 Å². The van der Waals surface area contributed by atoms with Gasteiger partial charge < -0.3 is 11.5 Å². The minimum Gasteiger partial charge on any atom is -0.405 e. The molecule has 52 valence electrons. The summed E-state index contributed by atoms with van der Waals surface area (Å²) in [5, 5.41) is 8.86. The van der Waals surface area contributed by atoms with Crippen LogP contribution in [0.1, 0.15) is 0 Å². The molecular weight excluding hydrogens is 122 g/mol. The Kier molecular flexibility index (Phi) is 3.22. The quantitative estimate of drug-likeness (QED) is 0.339. The number of nitrogens with zero attached hydrogens (tertiary/aromatic N) is 1. The maximum atomic E-state index is 10.0. The predicted molar refractivity (Wildman–Crippen MR) is 31.4 cm³/mol. The zero-order chi connectivity index (χ0) is 7.28. The Morgan fingerprint density at radius 1 is 1.78 bits per heavy atom. The molecule has 0 fully saturated rings. The Balaban J connectivity index is 3.50. The second-order valence-electron chi connectivity index (χ2n) is 1.35. The zero-order valence-corrected chi connectivity index (χ0v) is 4.82. The van der Waals surface area contributed by atoms with Crippen LogP contribution in [0.5, 0.6) is 0 Å². The number of hydrogen-bond acceptors (Lipinski definition) is 3. The summed E-state index contributed by atoms with van der Waals surface area (Å²) >= 11 is 0. The van der Waals surface area contributed by atoms with Crippen LogP contribution in [-0.2, 0) is 0 Å². The molecule has 0 aromatic heterocycles. The van der Waals surface area contributed by atoms with Crippen molar-refractivity contribution in [3.63, 3.8) is 0 Å². The Hall–Kier alpha value is -1.23. The number of rotatable bonds is 2. The van der Waals surface area contributed by atoms with Crippen LogP contribution in [-0.4, -0.2) is 22.8 Å². The summed E-state index contributed by atoms with van der Waals surface area (Å²) in [5.41, 5.74) is 9.55. The van der Waals surface area contributed by atoms with Crippen LogP contribution in [0.25, 0.3) is 0 Å². The van der Waals surface area contributed by atoms with Crippen molar-refractivity contribution < 1.29 is 10.0 Å². The summed E-state index contributed by atoms with van der Waals surface area (Å²) in [6.45, 7) is 0.0197. The van der Waals surface area contributed by atoms with Crippen molar-refractivity contribution in [1.82, 2.24) is 5.06 Å². The number of hydroxylamine groups is 2. The van der Waals surface area contributed by atoms with E-state index in [1.54, 1.807) is 0 Å². The van der Waals surface area contributed by atoms with Crippen LogP contribution in [0.15, 0.2) is 12.3 Å². The third kappa shape index (κ3) is 3.36. The summed E-state index contributed by atoms with van der Waals surface area (Å²) in [5.74, 6) is 0. The highest BCUT2D eigenvalue weighted by molar-refractivity contribution is 5.70. The van der Waals surface area contributed by atoms with Gasteiger partial charge in [0.1, 0.15) is 0 Å².